The second-order valence-electron chi connectivity index (χ2n) is 7.00. The molecule has 0 unspecified atom stereocenters. The van der Waals surface area contributed by atoms with Gasteiger partial charge in [0.25, 0.3) is 15.9 Å². The van der Waals surface area contributed by atoms with Crippen LogP contribution in [-0.4, -0.2) is 43.7 Å². The highest BCUT2D eigenvalue weighted by Crippen LogP contribution is 2.38. The maximum Gasteiger partial charge on any atom is 0.265 e. The molecule has 0 spiro atoms. The SMILES string of the molecule is O=C(Nc1cnc2c(c1)N(S(=O)(=O)c1cccc(Cl)c1)[C@@H](CO)CO2)c1c(Cl)cccc1Cl. The van der Waals surface area contributed by atoms with Crippen molar-refractivity contribution < 1.29 is 23.1 Å². The molecule has 0 saturated carbocycles. The minimum atomic E-state index is -4.16. The first-order valence-electron chi connectivity index (χ1n) is 9.51. The molecule has 1 aliphatic heterocycles. The van der Waals surface area contributed by atoms with Crippen LogP contribution in [-0.2, 0) is 10.0 Å². The molecule has 2 N–H and O–H groups in total. The fourth-order valence-electron chi connectivity index (χ4n) is 3.32. The average Bonchev–Trinajstić information content (AvgIpc) is 2.78. The zero-order valence-electron chi connectivity index (χ0n) is 16.7. The summed E-state index contributed by atoms with van der Waals surface area (Å²) in [6.07, 6.45) is 1.31. The Kier molecular flexibility index (Phi) is 6.69. The molecule has 1 atom stereocenters. The lowest BCUT2D eigenvalue weighted by Crippen LogP contribution is -2.49. The molecule has 2 heterocycles. The molecule has 3 aromatic rings. The lowest BCUT2D eigenvalue weighted by Gasteiger charge is -2.36. The third kappa shape index (κ3) is 4.60. The van der Waals surface area contributed by atoms with Gasteiger partial charge in [-0.2, -0.15) is 0 Å². The zero-order valence-corrected chi connectivity index (χ0v) is 19.8. The molecule has 12 heteroatoms. The monoisotopic (exact) mass is 527 g/mol. The normalized spacial score (nSPS) is 15.5. The number of carbonyl (C=O) groups is 1. The molecule has 8 nitrogen and oxygen atoms in total. The van der Waals surface area contributed by atoms with E-state index in [1.54, 1.807) is 12.1 Å². The second-order valence-corrected chi connectivity index (χ2v) is 10.1. The zero-order chi connectivity index (χ0) is 23.8. The number of aliphatic hydroxyl groups is 1. The lowest BCUT2D eigenvalue weighted by atomic mass is 10.2. The Morgan fingerprint density at radius 3 is 2.52 bits per heavy atom. The number of aliphatic hydroxyl groups excluding tert-OH is 1. The first-order valence-corrected chi connectivity index (χ1v) is 12.1. The van der Waals surface area contributed by atoms with Crippen LogP contribution in [0, 0.1) is 0 Å². The number of hydrogen-bond acceptors (Lipinski definition) is 6. The Hall–Kier alpha value is -2.56. The van der Waals surface area contributed by atoms with Gasteiger partial charge in [-0.15, -0.1) is 0 Å². The summed E-state index contributed by atoms with van der Waals surface area (Å²) >= 11 is 18.2. The minimum Gasteiger partial charge on any atom is -0.474 e. The van der Waals surface area contributed by atoms with Gasteiger partial charge in [-0.3, -0.25) is 9.10 Å². The minimum absolute atomic E-state index is 0.0269. The number of nitrogens with one attached hydrogen (secondary N) is 1. The Morgan fingerprint density at radius 2 is 1.85 bits per heavy atom. The van der Waals surface area contributed by atoms with E-state index in [1.165, 1.54) is 42.6 Å². The average molecular weight is 529 g/mol. The van der Waals surface area contributed by atoms with Crippen LogP contribution >= 0.6 is 34.8 Å². The Balaban J connectivity index is 1.75. The summed E-state index contributed by atoms with van der Waals surface area (Å²) in [5.41, 5.74) is 0.276. The summed E-state index contributed by atoms with van der Waals surface area (Å²) in [5.74, 6) is -0.578. The number of aromatic nitrogens is 1. The molecule has 1 aromatic heterocycles. The van der Waals surface area contributed by atoms with E-state index in [4.69, 9.17) is 39.5 Å². The van der Waals surface area contributed by atoms with E-state index >= 15 is 0 Å². The molecular formula is C21H16Cl3N3O5S. The molecule has 33 heavy (non-hydrogen) atoms. The van der Waals surface area contributed by atoms with Gasteiger partial charge in [-0.05, 0) is 36.4 Å². The van der Waals surface area contributed by atoms with Crippen LogP contribution in [0.15, 0.2) is 59.6 Å². The van der Waals surface area contributed by atoms with Crippen LogP contribution in [0.4, 0.5) is 11.4 Å². The number of nitrogens with zero attached hydrogens (tertiary/aromatic N) is 2. The molecule has 4 rings (SSSR count). The van der Waals surface area contributed by atoms with Crippen LogP contribution in [0.3, 0.4) is 0 Å². The first-order chi connectivity index (χ1) is 15.7. The number of anilines is 2. The molecule has 2 aromatic carbocycles. The molecule has 1 aliphatic rings. The van der Waals surface area contributed by atoms with Crippen LogP contribution in [0.1, 0.15) is 10.4 Å². The molecule has 0 radical (unpaired) electrons. The van der Waals surface area contributed by atoms with Crippen molar-refractivity contribution in [3.63, 3.8) is 0 Å². The van der Waals surface area contributed by atoms with Crippen molar-refractivity contribution in [3.05, 3.63) is 75.4 Å². The standard InChI is InChI=1S/C21H16Cl3N3O5S/c22-12-3-1-4-15(7-12)33(30,31)27-14(10-28)11-32-21-18(27)8-13(9-25-21)26-20(29)19-16(23)5-2-6-17(19)24/h1-9,14,28H,10-11H2,(H,26,29)/t14-/m0/s1. The highest BCUT2D eigenvalue weighted by Gasteiger charge is 2.38. The summed E-state index contributed by atoms with van der Waals surface area (Å²) in [4.78, 5) is 16.8. The van der Waals surface area contributed by atoms with Gasteiger partial charge in [-0.25, -0.2) is 13.4 Å². The van der Waals surface area contributed by atoms with Gasteiger partial charge >= 0.3 is 0 Å². The van der Waals surface area contributed by atoms with E-state index in [9.17, 15) is 18.3 Å². The van der Waals surface area contributed by atoms with Crippen LogP contribution in [0.25, 0.3) is 0 Å². The quantitative estimate of drug-likeness (QED) is 0.513. The lowest BCUT2D eigenvalue weighted by molar-refractivity contribution is 0.102. The number of sulfonamides is 1. The van der Waals surface area contributed by atoms with E-state index < -0.39 is 28.6 Å². The number of amides is 1. The maximum atomic E-state index is 13.5. The van der Waals surface area contributed by atoms with E-state index in [-0.39, 0.29) is 49.4 Å². The number of rotatable bonds is 5. The van der Waals surface area contributed by atoms with Gasteiger partial charge in [0.1, 0.15) is 18.3 Å². The summed E-state index contributed by atoms with van der Waals surface area (Å²) in [5, 5.41) is 13.0. The predicted molar refractivity (Wildman–Crippen MR) is 126 cm³/mol. The molecule has 0 bridgehead atoms. The molecule has 1 amide bonds. The number of benzene rings is 2. The topological polar surface area (TPSA) is 109 Å². The van der Waals surface area contributed by atoms with Crippen LogP contribution in [0.2, 0.25) is 15.1 Å². The summed E-state index contributed by atoms with van der Waals surface area (Å²) in [6, 6.07) is 10.9. The van der Waals surface area contributed by atoms with Crippen molar-refractivity contribution in [1.29, 1.82) is 0 Å². The number of pyridine rings is 1. The fourth-order valence-corrected chi connectivity index (χ4v) is 5.81. The van der Waals surface area contributed by atoms with Crippen molar-refractivity contribution >= 4 is 62.1 Å². The van der Waals surface area contributed by atoms with Gasteiger partial charge < -0.3 is 15.2 Å². The smallest absolute Gasteiger partial charge is 0.265 e. The fraction of sp³-hybridized carbons (Fsp3) is 0.143. The van der Waals surface area contributed by atoms with Crippen molar-refractivity contribution in [2.45, 2.75) is 10.9 Å². The summed E-state index contributed by atoms with van der Waals surface area (Å²) in [7, 11) is -4.16. The molecule has 0 saturated heterocycles. The van der Waals surface area contributed by atoms with Gasteiger partial charge in [0.15, 0.2) is 0 Å². The van der Waals surface area contributed by atoms with E-state index in [0.717, 1.165) is 4.31 Å². The highest BCUT2D eigenvalue weighted by molar-refractivity contribution is 7.92. The first kappa shape index (κ1) is 23.6. The Bertz CT molecular complexity index is 1320. The molecular weight excluding hydrogens is 513 g/mol. The van der Waals surface area contributed by atoms with Gasteiger partial charge in [0, 0.05) is 5.02 Å². The van der Waals surface area contributed by atoms with Crippen LogP contribution < -0.4 is 14.4 Å². The second kappa shape index (κ2) is 9.36. The van der Waals surface area contributed by atoms with Crippen molar-refractivity contribution in [3.8, 4) is 5.88 Å². The Labute approximate surface area is 204 Å². The predicted octanol–water partition coefficient (Wildman–Crippen LogP) is 4.24. The number of ether oxygens (including phenoxy) is 1. The molecule has 172 valence electrons. The summed E-state index contributed by atoms with van der Waals surface area (Å²) < 4.78 is 33.5. The third-order valence-corrected chi connectivity index (χ3v) is 7.55. The largest absolute Gasteiger partial charge is 0.474 e. The van der Waals surface area contributed by atoms with Crippen molar-refractivity contribution in [1.82, 2.24) is 4.98 Å². The molecule has 0 fully saturated rings. The van der Waals surface area contributed by atoms with Gasteiger partial charge in [0.05, 0.1) is 39.0 Å². The number of hydrogen-bond donors (Lipinski definition) is 2. The van der Waals surface area contributed by atoms with Gasteiger partial charge in [-0.1, -0.05) is 46.9 Å². The van der Waals surface area contributed by atoms with Crippen molar-refractivity contribution in [2.75, 3.05) is 22.8 Å². The van der Waals surface area contributed by atoms with Gasteiger partial charge in [0.2, 0.25) is 5.88 Å². The van der Waals surface area contributed by atoms with E-state index in [2.05, 4.69) is 10.3 Å². The van der Waals surface area contributed by atoms with E-state index in [0.29, 0.717) is 0 Å². The third-order valence-electron chi connectivity index (χ3n) is 4.83. The number of fused-ring (bicyclic) bond motifs is 1. The van der Waals surface area contributed by atoms with Crippen molar-refractivity contribution in [2.24, 2.45) is 0 Å². The summed E-state index contributed by atoms with van der Waals surface area (Å²) in [6.45, 7) is -0.623. The highest BCUT2D eigenvalue weighted by atomic mass is 35.5. The van der Waals surface area contributed by atoms with E-state index in [1.807, 2.05) is 0 Å². The maximum absolute atomic E-state index is 13.5. The Morgan fingerprint density at radius 1 is 1.15 bits per heavy atom. The number of halogens is 3. The van der Waals surface area contributed by atoms with Crippen LogP contribution in [0.5, 0.6) is 5.88 Å². The molecule has 0 aliphatic carbocycles. The number of carbonyl (C=O) groups excluding carboxylic acids is 1.